The van der Waals surface area contributed by atoms with Crippen LogP contribution in [0.3, 0.4) is 0 Å². The maximum Gasteiger partial charge on any atom is 0.0245 e. The Bertz CT molecular complexity index is 440. The molecule has 0 radical (unpaired) electrons. The first-order chi connectivity index (χ1) is 10.4. The lowest BCUT2D eigenvalue weighted by atomic mass is 10.0. The molecule has 1 aromatic carbocycles. The fourth-order valence-electron chi connectivity index (χ4n) is 3.15. The number of hydrogen-bond acceptors (Lipinski definition) is 1. The number of nitrogens with zero attached hydrogens (tertiary/aromatic N) is 1. The third kappa shape index (κ3) is 6.36. The molecule has 1 atom stereocenters. The number of benzene rings is 1. The summed E-state index contributed by atoms with van der Waals surface area (Å²) in [5.41, 5.74) is 1.14. The lowest BCUT2D eigenvalue weighted by Crippen LogP contribution is -2.24. The third-order valence-corrected chi connectivity index (χ3v) is 4.52. The van der Waals surface area contributed by atoms with E-state index in [4.69, 9.17) is 0 Å². The molecule has 0 saturated carbocycles. The Balaban J connectivity index is 1.44. The Labute approximate surface area is 130 Å². The molecule has 1 fully saturated rings. The molecule has 1 heteroatoms. The molecule has 0 bridgehead atoms. The zero-order chi connectivity index (χ0) is 14.8. The van der Waals surface area contributed by atoms with Gasteiger partial charge >= 0.3 is 0 Å². The van der Waals surface area contributed by atoms with Gasteiger partial charge < -0.3 is 4.90 Å². The highest BCUT2D eigenvalue weighted by molar-refractivity contribution is 5.33. The monoisotopic (exact) mass is 283 g/mol. The maximum absolute atomic E-state index is 3.29. The van der Waals surface area contributed by atoms with Gasteiger partial charge in [-0.25, -0.2) is 0 Å². The highest BCUT2D eigenvalue weighted by Crippen LogP contribution is 2.20. The van der Waals surface area contributed by atoms with Gasteiger partial charge in [-0.3, -0.25) is 0 Å². The summed E-state index contributed by atoms with van der Waals surface area (Å²) in [4.78, 5) is 2.54. The Kier molecular flexibility index (Phi) is 7.39. The Morgan fingerprint density at radius 2 is 1.81 bits per heavy atom. The van der Waals surface area contributed by atoms with Gasteiger partial charge in [0.05, 0.1) is 0 Å². The van der Waals surface area contributed by atoms with E-state index in [-0.39, 0.29) is 0 Å². The van der Waals surface area contributed by atoms with Crippen molar-refractivity contribution in [2.24, 2.45) is 0 Å². The SMILES string of the molecule is CN1CCCC1CCCCCCCC#Cc1ccccc1. The fraction of sp³-hybridized carbons (Fsp3) is 0.600. The Morgan fingerprint density at radius 3 is 2.57 bits per heavy atom. The van der Waals surface area contributed by atoms with Gasteiger partial charge in [-0.2, -0.15) is 0 Å². The summed E-state index contributed by atoms with van der Waals surface area (Å²) in [6.07, 6.45) is 12.1. The Morgan fingerprint density at radius 1 is 1.05 bits per heavy atom. The molecule has 1 unspecified atom stereocenters. The normalized spacial score (nSPS) is 18.4. The molecule has 1 aliphatic heterocycles. The average Bonchev–Trinajstić information content (AvgIpc) is 2.92. The molecular formula is C20H29N. The maximum atomic E-state index is 3.29. The molecule has 114 valence electrons. The van der Waals surface area contributed by atoms with Crippen LogP contribution in [0.15, 0.2) is 30.3 Å². The molecule has 0 aromatic heterocycles. The standard InChI is InChI=1S/C20H29N/c1-21-18-12-17-20(21)16-11-6-4-2-3-5-8-13-19-14-9-7-10-15-19/h7,9-10,14-15,20H,2-6,11-12,16-18H2,1H3. The van der Waals surface area contributed by atoms with E-state index in [1.54, 1.807) is 0 Å². The second-order valence-corrected chi connectivity index (χ2v) is 6.25. The highest BCUT2D eigenvalue weighted by atomic mass is 15.1. The van der Waals surface area contributed by atoms with Crippen LogP contribution >= 0.6 is 0 Å². The molecule has 0 N–H and O–H groups in total. The smallest absolute Gasteiger partial charge is 0.0245 e. The van der Waals surface area contributed by atoms with Gasteiger partial charge in [-0.1, -0.05) is 55.7 Å². The van der Waals surface area contributed by atoms with E-state index in [0.717, 1.165) is 18.0 Å². The zero-order valence-corrected chi connectivity index (χ0v) is 13.5. The molecule has 0 amide bonds. The summed E-state index contributed by atoms with van der Waals surface area (Å²) in [7, 11) is 2.28. The lowest BCUT2D eigenvalue weighted by Gasteiger charge is -2.18. The van der Waals surface area contributed by atoms with Crippen molar-refractivity contribution >= 4 is 0 Å². The van der Waals surface area contributed by atoms with Crippen LogP contribution < -0.4 is 0 Å². The van der Waals surface area contributed by atoms with E-state index < -0.39 is 0 Å². The van der Waals surface area contributed by atoms with Crippen molar-refractivity contribution in [1.82, 2.24) is 4.90 Å². The van der Waals surface area contributed by atoms with Crippen LogP contribution in [-0.4, -0.2) is 24.5 Å². The van der Waals surface area contributed by atoms with Gasteiger partial charge in [0.25, 0.3) is 0 Å². The second kappa shape index (κ2) is 9.64. The summed E-state index contributed by atoms with van der Waals surface area (Å²) < 4.78 is 0. The van der Waals surface area contributed by atoms with Crippen molar-refractivity contribution in [2.75, 3.05) is 13.6 Å². The molecule has 1 nitrogen and oxygen atoms in total. The van der Waals surface area contributed by atoms with E-state index >= 15 is 0 Å². The average molecular weight is 283 g/mol. The van der Waals surface area contributed by atoms with Crippen LogP contribution in [0.25, 0.3) is 0 Å². The lowest BCUT2D eigenvalue weighted by molar-refractivity contribution is 0.289. The van der Waals surface area contributed by atoms with Gasteiger partial charge in [0, 0.05) is 18.0 Å². The van der Waals surface area contributed by atoms with E-state index in [2.05, 4.69) is 35.9 Å². The zero-order valence-electron chi connectivity index (χ0n) is 13.5. The Hall–Kier alpha value is -1.26. The van der Waals surface area contributed by atoms with Crippen LogP contribution in [0.1, 0.15) is 63.4 Å². The minimum absolute atomic E-state index is 0.877. The molecule has 1 aromatic rings. The molecule has 1 aliphatic rings. The van der Waals surface area contributed by atoms with Gasteiger partial charge in [-0.15, -0.1) is 0 Å². The first-order valence-corrected chi connectivity index (χ1v) is 8.60. The van der Waals surface area contributed by atoms with Crippen molar-refractivity contribution < 1.29 is 0 Å². The summed E-state index contributed by atoms with van der Waals surface area (Å²) in [5.74, 6) is 6.52. The molecule has 1 saturated heterocycles. The van der Waals surface area contributed by atoms with E-state index in [9.17, 15) is 0 Å². The van der Waals surface area contributed by atoms with Crippen LogP contribution in [-0.2, 0) is 0 Å². The summed E-state index contributed by atoms with van der Waals surface area (Å²) in [6, 6.07) is 11.2. The largest absolute Gasteiger partial charge is 0.303 e. The predicted octanol–water partition coefficient (Wildman–Crippen LogP) is 4.86. The van der Waals surface area contributed by atoms with E-state index in [1.165, 1.54) is 57.9 Å². The van der Waals surface area contributed by atoms with Crippen LogP contribution in [0, 0.1) is 11.8 Å². The fourth-order valence-corrected chi connectivity index (χ4v) is 3.15. The first kappa shape index (κ1) is 16.1. The number of rotatable bonds is 7. The number of unbranched alkanes of at least 4 members (excludes halogenated alkanes) is 5. The summed E-state index contributed by atoms with van der Waals surface area (Å²) in [5, 5.41) is 0. The van der Waals surface area contributed by atoms with Gasteiger partial charge in [0.15, 0.2) is 0 Å². The van der Waals surface area contributed by atoms with Crippen molar-refractivity contribution in [1.29, 1.82) is 0 Å². The van der Waals surface area contributed by atoms with Crippen molar-refractivity contribution in [3.63, 3.8) is 0 Å². The minimum Gasteiger partial charge on any atom is -0.303 e. The van der Waals surface area contributed by atoms with Crippen LogP contribution in [0.5, 0.6) is 0 Å². The van der Waals surface area contributed by atoms with Crippen molar-refractivity contribution in [2.45, 2.75) is 63.8 Å². The van der Waals surface area contributed by atoms with E-state index in [1.807, 2.05) is 18.2 Å². The molecule has 2 rings (SSSR count). The van der Waals surface area contributed by atoms with Crippen molar-refractivity contribution in [3.05, 3.63) is 35.9 Å². The third-order valence-electron chi connectivity index (χ3n) is 4.52. The van der Waals surface area contributed by atoms with Gasteiger partial charge in [0.2, 0.25) is 0 Å². The molecule has 21 heavy (non-hydrogen) atoms. The minimum atomic E-state index is 0.877. The second-order valence-electron chi connectivity index (χ2n) is 6.25. The quantitative estimate of drug-likeness (QED) is 0.510. The van der Waals surface area contributed by atoms with E-state index in [0.29, 0.717) is 0 Å². The van der Waals surface area contributed by atoms with Crippen LogP contribution in [0.2, 0.25) is 0 Å². The molecular weight excluding hydrogens is 254 g/mol. The van der Waals surface area contributed by atoms with Crippen molar-refractivity contribution in [3.8, 4) is 11.8 Å². The molecule has 0 aliphatic carbocycles. The first-order valence-electron chi connectivity index (χ1n) is 8.60. The summed E-state index contributed by atoms with van der Waals surface area (Å²) >= 11 is 0. The number of likely N-dealkylation sites (tertiary alicyclic amines) is 1. The predicted molar refractivity (Wildman–Crippen MR) is 91.3 cm³/mol. The highest BCUT2D eigenvalue weighted by Gasteiger charge is 2.19. The van der Waals surface area contributed by atoms with Crippen LogP contribution in [0.4, 0.5) is 0 Å². The number of hydrogen-bond donors (Lipinski definition) is 0. The molecule has 0 spiro atoms. The topological polar surface area (TPSA) is 3.24 Å². The molecule has 1 heterocycles. The van der Waals surface area contributed by atoms with Gasteiger partial charge in [-0.05, 0) is 51.4 Å². The van der Waals surface area contributed by atoms with Gasteiger partial charge in [0.1, 0.15) is 0 Å². The summed E-state index contributed by atoms with van der Waals surface area (Å²) in [6.45, 7) is 1.31.